The van der Waals surface area contributed by atoms with Gasteiger partial charge in [0.05, 0.1) is 10.1 Å². The predicted molar refractivity (Wildman–Crippen MR) is 57.1 cm³/mol. The third-order valence-electron chi connectivity index (χ3n) is 1.24. The number of para-hydroxylation sites is 1. The Bertz CT molecular complexity index is 250. The van der Waals surface area contributed by atoms with Gasteiger partial charge in [-0.1, -0.05) is 40.8 Å². The highest BCUT2D eigenvalue weighted by atomic mass is 127. The summed E-state index contributed by atoms with van der Waals surface area (Å²) < 4.78 is 0.456. The van der Waals surface area contributed by atoms with Gasteiger partial charge in [0.2, 0.25) is 5.91 Å². The van der Waals surface area contributed by atoms with Crippen LogP contribution in [0.2, 0.25) is 0 Å². The smallest absolute Gasteiger partial charge is 0.248 e. The Balaban J connectivity index is 2.38. The van der Waals surface area contributed by atoms with Crippen molar-refractivity contribution in [2.75, 3.05) is 9.85 Å². The van der Waals surface area contributed by atoms with Crippen molar-refractivity contribution in [3.8, 4) is 0 Å². The number of hydrogen-bond acceptors (Lipinski definition) is 2. The van der Waals surface area contributed by atoms with E-state index in [1.54, 1.807) is 0 Å². The summed E-state index contributed by atoms with van der Waals surface area (Å²) in [5.74, 6) is -0.0283. The number of benzene rings is 1. The van der Waals surface area contributed by atoms with E-state index in [2.05, 4.69) is 10.9 Å². The lowest BCUT2D eigenvalue weighted by atomic mass is 10.3. The van der Waals surface area contributed by atoms with E-state index in [1.165, 1.54) is 0 Å². The van der Waals surface area contributed by atoms with E-state index in [0.717, 1.165) is 5.69 Å². The van der Waals surface area contributed by atoms with Crippen molar-refractivity contribution < 1.29 is 4.79 Å². The standard InChI is InChI=1S/C8H9IN2O/c9-6-8(12)11-10-7-4-2-1-3-5-7/h1-5,10H,6H2,(H,11,12). The summed E-state index contributed by atoms with van der Waals surface area (Å²) in [5, 5.41) is 0. The number of nitrogens with one attached hydrogen (secondary N) is 2. The molecule has 0 bridgehead atoms. The Morgan fingerprint density at radius 2 is 2.00 bits per heavy atom. The maximum atomic E-state index is 10.8. The second kappa shape index (κ2) is 4.97. The van der Waals surface area contributed by atoms with E-state index in [4.69, 9.17) is 0 Å². The Morgan fingerprint density at radius 1 is 1.33 bits per heavy atom. The van der Waals surface area contributed by atoms with Crippen LogP contribution in [-0.2, 0) is 4.79 Å². The average Bonchev–Trinajstić information content (AvgIpc) is 2.16. The van der Waals surface area contributed by atoms with Crippen LogP contribution in [0.15, 0.2) is 30.3 Å². The molecular formula is C8H9IN2O. The number of alkyl halides is 1. The SMILES string of the molecule is O=C(CI)NNc1ccccc1. The van der Waals surface area contributed by atoms with Gasteiger partial charge >= 0.3 is 0 Å². The highest BCUT2D eigenvalue weighted by Crippen LogP contribution is 2.02. The molecule has 1 aromatic carbocycles. The number of carbonyl (C=O) groups excluding carboxylic acids is 1. The number of halogens is 1. The molecular weight excluding hydrogens is 267 g/mol. The minimum Gasteiger partial charge on any atom is -0.299 e. The summed E-state index contributed by atoms with van der Waals surface area (Å²) in [6.07, 6.45) is 0. The van der Waals surface area contributed by atoms with Gasteiger partial charge in [-0.25, -0.2) is 0 Å². The summed E-state index contributed by atoms with van der Waals surface area (Å²) in [7, 11) is 0. The molecule has 0 fully saturated rings. The minimum atomic E-state index is -0.0283. The van der Waals surface area contributed by atoms with Crippen molar-refractivity contribution in [2.24, 2.45) is 0 Å². The second-order valence-electron chi connectivity index (χ2n) is 2.17. The van der Waals surface area contributed by atoms with Gasteiger partial charge in [0, 0.05) is 0 Å². The van der Waals surface area contributed by atoms with Gasteiger partial charge in [0.15, 0.2) is 0 Å². The van der Waals surface area contributed by atoms with Crippen LogP contribution < -0.4 is 10.9 Å². The molecule has 1 amide bonds. The Kier molecular flexibility index (Phi) is 3.86. The Morgan fingerprint density at radius 3 is 2.58 bits per heavy atom. The van der Waals surface area contributed by atoms with Gasteiger partial charge in [0.1, 0.15) is 0 Å². The molecule has 0 atom stereocenters. The first-order chi connectivity index (χ1) is 5.83. The summed E-state index contributed by atoms with van der Waals surface area (Å²) in [4.78, 5) is 10.8. The third-order valence-corrected chi connectivity index (χ3v) is 1.93. The highest BCUT2D eigenvalue weighted by molar-refractivity contribution is 14.1. The van der Waals surface area contributed by atoms with Crippen LogP contribution in [-0.4, -0.2) is 10.3 Å². The van der Waals surface area contributed by atoms with Crippen molar-refractivity contribution in [1.82, 2.24) is 5.43 Å². The van der Waals surface area contributed by atoms with Crippen molar-refractivity contribution in [2.45, 2.75) is 0 Å². The molecule has 4 heteroatoms. The molecule has 1 aromatic rings. The largest absolute Gasteiger partial charge is 0.299 e. The van der Waals surface area contributed by atoms with Gasteiger partial charge in [-0.05, 0) is 12.1 Å². The topological polar surface area (TPSA) is 41.1 Å². The monoisotopic (exact) mass is 276 g/mol. The molecule has 0 radical (unpaired) electrons. The number of amides is 1. The molecule has 12 heavy (non-hydrogen) atoms. The molecule has 0 saturated carbocycles. The van der Waals surface area contributed by atoms with Crippen LogP contribution in [0.5, 0.6) is 0 Å². The fraction of sp³-hybridized carbons (Fsp3) is 0.125. The predicted octanol–water partition coefficient (Wildman–Crippen LogP) is 1.56. The lowest BCUT2D eigenvalue weighted by Gasteiger charge is -2.05. The normalized spacial score (nSPS) is 9.08. The molecule has 64 valence electrons. The molecule has 0 aliphatic carbocycles. The maximum absolute atomic E-state index is 10.8. The zero-order valence-electron chi connectivity index (χ0n) is 6.38. The van der Waals surface area contributed by atoms with E-state index >= 15 is 0 Å². The highest BCUT2D eigenvalue weighted by Gasteiger charge is 1.94. The van der Waals surface area contributed by atoms with Crippen LogP contribution in [0.3, 0.4) is 0 Å². The summed E-state index contributed by atoms with van der Waals surface area (Å²) >= 11 is 2.00. The Hall–Kier alpha value is -0.780. The summed E-state index contributed by atoms with van der Waals surface area (Å²) in [6.45, 7) is 0. The van der Waals surface area contributed by atoms with E-state index in [-0.39, 0.29) is 5.91 Å². The second-order valence-corrected chi connectivity index (χ2v) is 2.94. The Labute approximate surface area is 84.7 Å². The fourth-order valence-corrected chi connectivity index (χ4v) is 0.887. The van der Waals surface area contributed by atoms with Crippen molar-refractivity contribution in [3.05, 3.63) is 30.3 Å². The first kappa shape index (κ1) is 9.31. The maximum Gasteiger partial charge on any atom is 0.248 e. The molecule has 2 N–H and O–H groups in total. The van der Waals surface area contributed by atoms with E-state index in [1.807, 2.05) is 52.9 Å². The van der Waals surface area contributed by atoms with Crippen LogP contribution in [0.25, 0.3) is 0 Å². The number of hydrazine groups is 1. The molecule has 3 nitrogen and oxygen atoms in total. The van der Waals surface area contributed by atoms with Crippen LogP contribution in [0, 0.1) is 0 Å². The quantitative estimate of drug-likeness (QED) is 0.500. The molecule has 0 heterocycles. The van der Waals surface area contributed by atoms with E-state index < -0.39 is 0 Å². The molecule has 0 saturated heterocycles. The molecule has 0 aliphatic rings. The summed E-state index contributed by atoms with van der Waals surface area (Å²) in [6, 6.07) is 9.49. The van der Waals surface area contributed by atoms with E-state index in [9.17, 15) is 4.79 Å². The zero-order chi connectivity index (χ0) is 8.81. The van der Waals surface area contributed by atoms with Crippen molar-refractivity contribution in [3.63, 3.8) is 0 Å². The lowest BCUT2D eigenvalue weighted by molar-refractivity contribution is -0.117. The lowest BCUT2D eigenvalue weighted by Crippen LogP contribution is -2.29. The van der Waals surface area contributed by atoms with E-state index in [0.29, 0.717) is 4.43 Å². The number of anilines is 1. The van der Waals surface area contributed by atoms with Gasteiger partial charge in [-0.3, -0.25) is 15.6 Å². The number of hydrogen-bond donors (Lipinski definition) is 2. The molecule has 1 rings (SSSR count). The first-order valence-corrected chi connectivity index (χ1v) is 5.01. The van der Waals surface area contributed by atoms with Crippen molar-refractivity contribution in [1.29, 1.82) is 0 Å². The van der Waals surface area contributed by atoms with Crippen LogP contribution >= 0.6 is 22.6 Å². The first-order valence-electron chi connectivity index (χ1n) is 3.49. The average molecular weight is 276 g/mol. The molecule has 0 spiro atoms. The number of rotatable bonds is 3. The van der Waals surface area contributed by atoms with Crippen LogP contribution in [0.4, 0.5) is 5.69 Å². The molecule has 0 aliphatic heterocycles. The number of carbonyl (C=O) groups is 1. The van der Waals surface area contributed by atoms with Gasteiger partial charge in [0.25, 0.3) is 0 Å². The molecule has 0 aromatic heterocycles. The summed E-state index contributed by atoms with van der Waals surface area (Å²) in [5.41, 5.74) is 6.23. The van der Waals surface area contributed by atoms with Gasteiger partial charge < -0.3 is 0 Å². The third kappa shape index (κ3) is 3.08. The zero-order valence-corrected chi connectivity index (χ0v) is 8.54. The van der Waals surface area contributed by atoms with Crippen molar-refractivity contribution >= 4 is 34.2 Å². The molecule has 0 unspecified atom stereocenters. The fourth-order valence-electron chi connectivity index (χ4n) is 0.697. The minimum absolute atomic E-state index is 0.0283. The van der Waals surface area contributed by atoms with Crippen LogP contribution in [0.1, 0.15) is 0 Å². The van der Waals surface area contributed by atoms with Gasteiger partial charge in [-0.15, -0.1) is 0 Å². The van der Waals surface area contributed by atoms with Gasteiger partial charge in [-0.2, -0.15) is 0 Å².